The summed E-state index contributed by atoms with van der Waals surface area (Å²) >= 11 is 6.62. The van der Waals surface area contributed by atoms with Gasteiger partial charge < -0.3 is 4.84 Å². The number of nitrogens with zero attached hydrogens (tertiary/aromatic N) is 2. The lowest BCUT2D eigenvalue weighted by atomic mass is 10.3. The molecule has 0 N–H and O–H groups in total. The van der Waals surface area contributed by atoms with Crippen LogP contribution in [0.4, 0.5) is 5.69 Å². The minimum Gasteiger partial charge on any atom is -0.378 e. The zero-order valence-corrected chi connectivity index (χ0v) is 9.79. The van der Waals surface area contributed by atoms with E-state index in [1.807, 2.05) is 0 Å². The smallest absolute Gasteiger partial charge is 0.269 e. The van der Waals surface area contributed by atoms with Gasteiger partial charge in [0.05, 0.1) is 11.5 Å². The Balaban J connectivity index is 2.05. The molecule has 0 bridgehead atoms. The Morgan fingerprint density at radius 1 is 1.44 bits per heavy atom. The van der Waals surface area contributed by atoms with Crippen molar-refractivity contribution >= 4 is 34.0 Å². The lowest BCUT2D eigenvalue weighted by Gasteiger charge is -2.16. The second-order valence-corrected chi connectivity index (χ2v) is 4.79. The van der Waals surface area contributed by atoms with Gasteiger partial charge in [-0.1, -0.05) is 11.8 Å². The van der Waals surface area contributed by atoms with Crippen LogP contribution in [0.1, 0.15) is 0 Å². The van der Waals surface area contributed by atoms with E-state index in [1.54, 1.807) is 29.0 Å². The standard InChI is InChI=1S/C9H8N2O3S2/c12-11(13)7-1-3-8(4-2-7)14-10-5-6-16-9(10)15/h1-4H,5-6H2. The van der Waals surface area contributed by atoms with Gasteiger partial charge in [0.25, 0.3) is 5.69 Å². The van der Waals surface area contributed by atoms with Gasteiger partial charge in [0.15, 0.2) is 10.1 Å². The number of nitro benzene ring substituents is 1. The minimum atomic E-state index is -0.444. The molecule has 0 radical (unpaired) electrons. The van der Waals surface area contributed by atoms with Gasteiger partial charge in [-0.3, -0.25) is 10.1 Å². The number of benzene rings is 1. The minimum absolute atomic E-state index is 0.0470. The van der Waals surface area contributed by atoms with Crippen molar-refractivity contribution in [1.82, 2.24) is 5.06 Å². The lowest BCUT2D eigenvalue weighted by Crippen LogP contribution is -2.26. The van der Waals surface area contributed by atoms with Gasteiger partial charge in [-0.15, -0.1) is 0 Å². The molecule has 7 heteroatoms. The largest absolute Gasteiger partial charge is 0.378 e. The summed E-state index contributed by atoms with van der Waals surface area (Å²) in [6.45, 7) is 0.737. The van der Waals surface area contributed by atoms with E-state index in [0.717, 1.165) is 12.3 Å². The van der Waals surface area contributed by atoms with Crippen molar-refractivity contribution in [2.75, 3.05) is 12.3 Å². The summed E-state index contributed by atoms with van der Waals surface area (Å²) in [4.78, 5) is 15.5. The quantitative estimate of drug-likeness (QED) is 0.469. The first-order chi connectivity index (χ1) is 7.66. The maximum Gasteiger partial charge on any atom is 0.269 e. The van der Waals surface area contributed by atoms with E-state index in [4.69, 9.17) is 17.1 Å². The number of rotatable bonds is 3. The van der Waals surface area contributed by atoms with Crippen molar-refractivity contribution in [2.24, 2.45) is 0 Å². The van der Waals surface area contributed by atoms with E-state index in [0.29, 0.717) is 10.1 Å². The van der Waals surface area contributed by atoms with E-state index in [9.17, 15) is 10.1 Å². The second-order valence-electron chi connectivity index (χ2n) is 3.06. The average Bonchev–Trinajstić information content (AvgIpc) is 2.65. The molecule has 84 valence electrons. The topological polar surface area (TPSA) is 55.6 Å². The number of thioether (sulfide) groups is 1. The van der Waals surface area contributed by atoms with Gasteiger partial charge in [-0.25, -0.2) is 0 Å². The Morgan fingerprint density at radius 3 is 2.62 bits per heavy atom. The highest BCUT2D eigenvalue weighted by Crippen LogP contribution is 2.22. The third-order valence-corrected chi connectivity index (χ3v) is 3.38. The molecular formula is C9H8N2O3S2. The van der Waals surface area contributed by atoms with Gasteiger partial charge >= 0.3 is 0 Å². The first kappa shape index (κ1) is 11.2. The molecule has 1 saturated heterocycles. The average molecular weight is 256 g/mol. The summed E-state index contributed by atoms with van der Waals surface area (Å²) in [6, 6.07) is 5.93. The van der Waals surface area contributed by atoms with Crippen molar-refractivity contribution in [3.05, 3.63) is 34.4 Å². The maximum atomic E-state index is 10.4. The van der Waals surface area contributed by atoms with Crippen LogP contribution in [0.3, 0.4) is 0 Å². The summed E-state index contributed by atoms with van der Waals surface area (Å²) in [5.41, 5.74) is 0.0470. The summed E-state index contributed by atoms with van der Waals surface area (Å²) in [5.74, 6) is 1.46. The summed E-state index contributed by atoms with van der Waals surface area (Å²) in [6.07, 6.45) is 0. The van der Waals surface area contributed by atoms with Crippen LogP contribution in [-0.4, -0.2) is 26.6 Å². The SMILES string of the molecule is O=[N+]([O-])c1ccc(ON2CCSC2=S)cc1. The fraction of sp³-hybridized carbons (Fsp3) is 0.222. The molecule has 16 heavy (non-hydrogen) atoms. The second kappa shape index (κ2) is 4.67. The van der Waals surface area contributed by atoms with Gasteiger partial charge in [0.1, 0.15) is 0 Å². The van der Waals surface area contributed by atoms with Crippen LogP contribution in [0.15, 0.2) is 24.3 Å². The molecule has 0 aliphatic carbocycles. The molecule has 1 aliphatic rings. The molecule has 5 nitrogen and oxygen atoms in total. The Bertz CT molecular complexity index is 421. The van der Waals surface area contributed by atoms with Crippen LogP contribution in [-0.2, 0) is 0 Å². The normalized spacial score (nSPS) is 15.2. The predicted octanol–water partition coefficient (Wildman–Crippen LogP) is 2.22. The Hall–Kier alpha value is -1.34. The molecule has 0 saturated carbocycles. The van der Waals surface area contributed by atoms with E-state index in [2.05, 4.69) is 0 Å². The number of thiocarbonyl (C=S) groups is 1. The van der Waals surface area contributed by atoms with Gasteiger partial charge in [0, 0.05) is 17.9 Å². The van der Waals surface area contributed by atoms with Crippen LogP contribution in [0.2, 0.25) is 0 Å². The van der Waals surface area contributed by atoms with Gasteiger partial charge in [-0.2, -0.15) is 5.06 Å². The number of hydrogen-bond donors (Lipinski definition) is 0. The van der Waals surface area contributed by atoms with E-state index >= 15 is 0 Å². The molecule has 1 fully saturated rings. The Morgan fingerprint density at radius 2 is 2.12 bits per heavy atom. The number of hydrogen-bond acceptors (Lipinski definition) is 5. The van der Waals surface area contributed by atoms with Crippen LogP contribution in [0.5, 0.6) is 5.75 Å². The van der Waals surface area contributed by atoms with Crippen molar-refractivity contribution in [3.63, 3.8) is 0 Å². The van der Waals surface area contributed by atoms with Crippen molar-refractivity contribution in [2.45, 2.75) is 0 Å². The summed E-state index contributed by atoms with van der Waals surface area (Å²) < 4.78 is 0.693. The first-order valence-electron chi connectivity index (χ1n) is 4.53. The summed E-state index contributed by atoms with van der Waals surface area (Å²) in [7, 11) is 0. The molecule has 0 amide bonds. The maximum absolute atomic E-state index is 10.4. The molecule has 0 aromatic heterocycles. The van der Waals surface area contributed by atoms with E-state index in [-0.39, 0.29) is 5.69 Å². The molecule has 2 rings (SSSR count). The fourth-order valence-electron chi connectivity index (χ4n) is 1.22. The molecule has 1 aromatic carbocycles. The zero-order chi connectivity index (χ0) is 11.5. The lowest BCUT2D eigenvalue weighted by molar-refractivity contribution is -0.384. The fourth-order valence-corrected chi connectivity index (χ4v) is 2.30. The molecule has 0 atom stereocenters. The third kappa shape index (κ3) is 2.42. The van der Waals surface area contributed by atoms with Gasteiger partial charge in [0.2, 0.25) is 0 Å². The van der Waals surface area contributed by atoms with Crippen molar-refractivity contribution in [1.29, 1.82) is 0 Å². The Kier molecular flexibility index (Phi) is 3.25. The van der Waals surface area contributed by atoms with Crippen LogP contribution in [0, 0.1) is 10.1 Å². The highest BCUT2D eigenvalue weighted by Gasteiger charge is 2.19. The molecule has 0 unspecified atom stereocenters. The first-order valence-corrected chi connectivity index (χ1v) is 5.93. The van der Waals surface area contributed by atoms with Crippen LogP contribution in [0.25, 0.3) is 0 Å². The molecule has 0 spiro atoms. The van der Waals surface area contributed by atoms with E-state index < -0.39 is 4.92 Å². The third-order valence-electron chi connectivity index (χ3n) is 1.99. The molecule has 1 heterocycles. The molecule has 1 aliphatic heterocycles. The van der Waals surface area contributed by atoms with Crippen molar-refractivity contribution in [3.8, 4) is 5.75 Å². The zero-order valence-electron chi connectivity index (χ0n) is 8.16. The van der Waals surface area contributed by atoms with Crippen LogP contribution >= 0.6 is 24.0 Å². The number of non-ortho nitro benzene ring substituents is 1. The molecular weight excluding hydrogens is 248 g/mol. The van der Waals surface area contributed by atoms with Crippen LogP contribution < -0.4 is 4.84 Å². The van der Waals surface area contributed by atoms with E-state index in [1.165, 1.54) is 12.1 Å². The highest BCUT2D eigenvalue weighted by molar-refractivity contribution is 8.23. The Labute approximate surface area is 101 Å². The number of hydroxylamine groups is 2. The van der Waals surface area contributed by atoms with Gasteiger partial charge in [-0.05, 0) is 24.4 Å². The number of nitro groups is 1. The van der Waals surface area contributed by atoms with Crippen molar-refractivity contribution < 1.29 is 9.76 Å². The summed E-state index contributed by atoms with van der Waals surface area (Å²) in [5, 5.41) is 12.1. The predicted molar refractivity (Wildman–Crippen MR) is 65.5 cm³/mol. The highest BCUT2D eigenvalue weighted by atomic mass is 32.2. The molecule has 1 aromatic rings. The monoisotopic (exact) mass is 256 g/mol.